The Bertz CT molecular complexity index is 696. The summed E-state index contributed by atoms with van der Waals surface area (Å²) >= 11 is 0. The summed E-state index contributed by atoms with van der Waals surface area (Å²) < 4.78 is 11.6. The molecule has 3 heterocycles. The molecule has 1 aromatic heterocycles. The minimum absolute atomic E-state index is 0.388. The first-order chi connectivity index (χ1) is 12.3. The van der Waals surface area contributed by atoms with Crippen LogP contribution in [0, 0.1) is 0 Å². The largest absolute Gasteiger partial charge is 0.347 e. The van der Waals surface area contributed by atoms with Crippen LogP contribution in [-0.4, -0.2) is 53.8 Å². The molecule has 25 heavy (non-hydrogen) atoms. The van der Waals surface area contributed by atoms with Crippen molar-refractivity contribution in [3.8, 4) is 0 Å². The van der Waals surface area contributed by atoms with Gasteiger partial charge in [-0.05, 0) is 19.1 Å². The molecule has 0 saturated carbocycles. The van der Waals surface area contributed by atoms with Crippen LogP contribution in [0.2, 0.25) is 0 Å². The van der Waals surface area contributed by atoms with Crippen LogP contribution in [0.5, 0.6) is 0 Å². The van der Waals surface area contributed by atoms with Gasteiger partial charge in [-0.3, -0.25) is 0 Å². The number of hydrogen-bond acceptors (Lipinski definition) is 7. The highest BCUT2D eigenvalue weighted by Gasteiger charge is 2.40. The number of rotatable bonds is 4. The highest BCUT2D eigenvalue weighted by molar-refractivity contribution is 5.59. The third-order valence-electron chi connectivity index (χ3n) is 4.82. The number of benzene rings is 1. The van der Waals surface area contributed by atoms with E-state index in [9.17, 15) is 0 Å². The molecular formula is C18H23N5O2. The zero-order chi connectivity index (χ0) is 17.1. The third-order valence-corrected chi connectivity index (χ3v) is 4.82. The summed E-state index contributed by atoms with van der Waals surface area (Å²) in [6.07, 6.45) is 3.38. The number of aromatic nitrogens is 3. The summed E-state index contributed by atoms with van der Waals surface area (Å²) in [6, 6.07) is 10.2. The summed E-state index contributed by atoms with van der Waals surface area (Å²) in [5, 5.41) is 8.43. The number of ether oxygens (including phenoxy) is 2. The molecule has 0 aliphatic carbocycles. The van der Waals surface area contributed by atoms with Crippen molar-refractivity contribution in [3.05, 3.63) is 36.5 Å². The predicted molar refractivity (Wildman–Crippen MR) is 95.0 cm³/mol. The van der Waals surface area contributed by atoms with Gasteiger partial charge in [0.25, 0.3) is 0 Å². The molecule has 1 aromatic carbocycles. The van der Waals surface area contributed by atoms with Crippen molar-refractivity contribution in [2.75, 3.05) is 42.6 Å². The fraction of sp³-hybridized carbons (Fsp3) is 0.500. The smallest absolute Gasteiger partial charge is 0.247 e. The molecule has 0 bridgehead atoms. The normalized spacial score (nSPS) is 19.3. The van der Waals surface area contributed by atoms with Gasteiger partial charge < -0.3 is 19.3 Å². The van der Waals surface area contributed by atoms with Crippen molar-refractivity contribution in [2.24, 2.45) is 0 Å². The number of piperidine rings is 1. The third kappa shape index (κ3) is 3.29. The fourth-order valence-corrected chi connectivity index (χ4v) is 3.47. The lowest BCUT2D eigenvalue weighted by Gasteiger charge is -2.37. The van der Waals surface area contributed by atoms with Crippen LogP contribution in [0.1, 0.15) is 19.8 Å². The number of anilines is 3. The predicted octanol–water partition coefficient (Wildman–Crippen LogP) is 2.37. The summed E-state index contributed by atoms with van der Waals surface area (Å²) in [5.74, 6) is 1.09. The van der Waals surface area contributed by atoms with Crippen molar-refractivity contribution in [1.29, 1.82) is 0 Å². The maximum Gasteiger partial charge on any atom is 0.247 e. The van der Waals surface area contributed by atoms with Crippen molar-refractivity contribution < 1.29 is 9.47 Å². The van der Waals surface area contributed by atoms with Gasteiger partial charge in [0.15, 0.2) is 11.6 Å². The first-order valence-electron chi connectivity index (χ1n) is 8.85. The lowest BCUT2D eigenvalue weighted by Crippen LogP contribution is -2.45. The number of hydrogen-bond donors (Lipinski definition) is 0. The molecule has 0 unspecified atom stereocenters. The molecule has 2 aliphatic rings. The lowest BCUT2D eigenvalue weighted by atomic mass is 10.0. The van der Waals surface area contributed by atoms with Gasteiger partial charge in [0, 0.05) is 38.2 Å². The maximum absolute atomic E-state index is 5.79. The van der Waals surface area contributed by atoms with Crippen LogP contribution in [0.3, 0.4) is 0 Å². The Morgan fingerprint density at radius 1 is 1.12 bits per heavy atom. The van der Waals surface area contributed by atoms with Crippen LogP contribution >= 0.6 is 0 Å². The molecule has 2 aromatic rings. The van der Waals surface area contributed by atoms with Gasteiger partial charge in [0.05, 0.1) is 19.4 Å². The molecule has 0 radical (unpaired) electrons. The molecule has 7 heteroatoms. The summed E-state index contributed by atoms with van der Waals surface area (Å²) in [4.78, 5) is 9.05. The quantitative estimate of drug-likeness (QED) is 0.846. The van der Waals surface area contributed by atoms with Crippen LogP contribution in [0.15, 0.2) is 36.5 Å². The zero-order valence-electron chi connectivity index (χ0n) is 14.5. The van der Waals surface area contributed by atoms with E-state index < -0.39 is 0 Å². The molecule has 132 valence electrons. The Morgan fingerprint density at radius 3 is 2.52 bits per heavy atom. The van der Waals surface area contributed by atoms with E-state index in [0.717, 1.165) is 44.0 Å². The van der Waals surface area contributed by atoms with E-state index in [1.54, 1.807) is 6.20 Å². The maximum atomic E-state index is 5.79. The average molecular weight is 341 g/mol. The molecule has 0 N–H and O–H groups in total. The first-order valence-corrected chi connectivity index (χ1v) is 8.85. The molecule has 1 spiro atoms. The molecule has 2 saturated heterocycles. The van der Waals surface area contributed by atoms with Crippen LogP contribution in [-0.2, 0) is 9.47 Å². The van der Waals surface area contributed by atoms with E-state index in [-0.39, 0.29) is 5.79 Å². The van der Waals surface area contributed by atoms with E-state index in [0.29, 0.717) is 19.2 Å². The Morgan fingerprint density at radius 2 is 1.84 bits per heavy atom. The average Bonchev–Trinajstić information content (AvgIpc) is 3.12. The number of nitrogens with zero attached hydrogens (tertiary/aromatic N) is 5. The monoisotopic (exact) mass is 341 g/mol. The van der Waals surface area contributed by atoms with Gasteiger partial charge >= 0.3 is 0 Å². The van der Waals surface area contributed by atoms with Crippen molar-refractivity contribution >= 4 is 17.5 Å². The summed E-state index contributed by atoms with van der Waals surface area (Å²) in [7, 11) is 0. The minimum Gasteiger partial charge on any atom is -0.347 e. The standard InChI is InChI=1S/C18H23N5O2/c1-2-23(15-6-4-3-5-7-15)16-14-19-21-17(20-16)22-10-8-18(9-11-22)24-12-13-25-18/h3-7,14H,2,8-13H2,1H3. The van der Waals surface area contributed by atoms with Crippen molar-refractivity contribution in [1.82, 2.24) is 15.2 Å². The SMILES string of the molecule is CCN(c1ccccc1)c1cnnc(N2CCC3(CC2)OCCO3)n1. The number of para-hydroxylation sites is 1. The molecule has 4 rings (SSSR count). The summed E-state index contributed by atoms with van der Waals surface area (Å²) in [6.45, 7) is 5.92. The molecular weight excluding hydrogens is 318 g/mol. The molecule has 7 nitrogen and oxygen atoms in total. The fourth-order valence-electron chi connectivity index (χ4n) is 3.47. The summed E-state index contributed by atoms with van der Waals surface area (Å²) in [5.41, 5.74) is 1.10. The Kier molecular flexibility index (Phi) is 4.50. The van der Waals surface area contributed by atoms with E-state index in [2.05, 4.69) is 39.1 Å². The Balaban J connectivity index is 1.51. The minimum atomic E-state index is -0.388. The van der Waals surface area contributed by atoms with E-state index >= 15 is 0 Å². The highest BCUT2D eigenvalue weighted by Crippen LogP contribution is 2.32. The van der Waals surface area contributed by atoms with E-state index in [1.807, 2.05) is 18.2 Å². The molecule has 0 atom stereocenters. The van der Waals surface area contributed by atoms with Crippen molar-refractivity contribution in [3.63, 3.8) is 0 Å². The van der Waals surface area contributed by atoms with Crippen LogP contribution in [0.25, 0.3) is 0 Å². The van der Waals surface area contributed by atoms with Crippen molar-refractivity contribution in [2.45, 2.75) is 25.6 Å². The molecule has 0 amide bonds. The second-order valence-electron chi connectivity index (χ2n) is 6.29. The molecule has 2 aliphatic heterocycles. The second kappa shape index (κ2) is 6.93. The van der Waals surface area contributed by atoms with Gasteiger partial charge in [0.2, 0.25) is 5.95 Å². The van der Waals surface area contributed by atoms with E-state index in [4.69, 9.17) is 14.5 Å². The lowest BCUT2D eigenvalue weighted by molar-refractivity contribution is -0.169. The zero-order valence-corrected chi connectivity index (χ0v) is 14.5. The van der Waals surface area contributed by atoms with Crippen LogP contribution < -0.4 is 9.80 Å². The topological polar surface area (TPSA) is 63.6 Å². The van der Waals surface area contributed by atoms with Gasteiger partial charge in [-0.1, -0.05) is 18.2 Å². The van der Waals surface area contributed by atoms with E-state index in [1.165, 1.54) is 0 Å². The highest BCUT2D eigenvalue weighted by atomic mass is 16.7. The molecule has 2 fully saturated rings. The van der Waals surface area contributed by atoms with Gasteiger partial charge in [-0.15, -0.1) is 5.10 Å². The Labute approximate surface area is 147 Å². The van der Waals surface area contributed by atoms with Crippen LogP contribution in [0.4, 0.5) is 17.5 Å². The Hall–Kier alpha value is -2.25. The van der Waals surface area contributed by atoms with Gasteiger partial charge in [0.1, 0.15) is 0 Å². The van der Waals surface area contributed by atoms with Gasteiger partial charge in [-0.25, -0.2) is 0 Å². The second-order valence-corrected chi connectivity index (χ2v) is 6.29. The first kappa shape index (κ1) is 16.2. The van der Waals surface area contributed by atoms with Gasteiger partial charge in [-0.2, -0.15) is 10.1 Å².